The molecule has 1 fully saturated rings. The summed E-state index contributed by atoms with van der Waals surface area (Å²) in [6.07, 6.45) is 1.91. The second-order valence-electron chi connectivity index (χ2n) is 8.12. The van der Waals surface area contributed by atoms with Crippen LogP contribution >= 0.6 is 11.8 Å². The molecular weight excluding hydrogens is 472 g/mol. The van der Waals surface area contributed by atoms with E-state index >= 15 is 0 Å². The highest BCUT2D eigenvalue weighted by atomic mass is 32.2. The zero-order valence-corrected chi connectivity index (χ0v) is 20.0. The van der Waals surface area contributed by atoms with Crippen LogP contribution in [0.2, 0.25) is 0 Å². The molecule has 0 amide bonds. The Morgan fingerprint density at radius 1 is 1.11 bits per heavy atom. The van der Waals surface area contributed by atoms with E-state index in [4.69, 9.17) is 28.5 Å². The Labute approximate surface area is 204 Å². The predicted octanol–water partition coefficient (Wildman–Crippen LogP) is 4.21. The highest BCUT2D eigenvalue weighted by Gasteiger charge is 2.30. The summed E-state index contributed by atoms with van der Waals surface area (Å²) in [5.74, 6) is 3.66. The van der Waals surface area contributed by atoms with Crippen LogP contribution in [-0.4, -0.2) is 40.2 Å². The zero-order valence-electron chi connectivity index (χ0n) is 19.1. The van der Waals surface area contributed by atoms with E-state index < -0.39 is 0 Å². The summed E-state index contributed by atoms with van der Waals surface area (Å²) in [6, 6.07) is 9.12. The molecule has 0 saturated heterocycles. The molecule has 2 aromatic heterocycles. The summed E-state index contributed by atoms with van der Waals surface area (Å²) in [6.45, 7) is 2.60. The van der Waals surface area contributed by atoms with Gasteiger partial charge in [0.25, 0.3) is 5.56 Å². The third kappa shape index (κ3) is 4.05. The van der Waals surface area contributed by atoms with Crippen LogP contribution < -0.4 is 24.5 Å². The van der Waals surface area contributed by atoms with Crippen molar-refractivity contribution in [3.8, 4) is 34.4 Å². The van der Waals surface area contributed by atoms with Crippen molar-refractivity contribution in [1.29, 1.82) is 0 Å². The van der Waals surface area contributed by atoms with Gasteiger partial charge >= 0.3 is 0 Å². The first kappa shape index (κ1) is 21.8. The van der Waals surface area contributed by atoms with Crippen LogP contribution in [0.15, 0.2) is 44.8 Å². The fourth-order valence-corrected chi connectivity index (χ4v) is 4.87. The van der Waals surface area contributed by atoms with Crippen molar-refractivity contribution in [2.24, 2.45) is 0 Å². The Morgan fingerprint density at radius 2 is 1.94 bits per heavy atom. The number of methoxy groups -OCH3 is 1. The van der Waals surface area contributed by atoms with E-state index in [2.05, 4.69) is 10.1 Å². The second-order valence-corrected chi connectivity index (χ2v) is 9.06. The molecule has 0 bridgehead atoms. The number of hydrogen-bond acceptors (Lipinski definition) is 10. The van der Waals surface area contributed by atoms with Crippen molar-refractivity contribution in [3.63, 3.8) is 0 Å². The standard InChI is InChI=1S/C24H22N4O6S/c1-3-31-17-7-4-13(8-18(17)30-2)22-26-21(34-27-22)11-35-24-25-16-10-20-19(32-12-33-20)9-15(16)23(29)28(24)14-5-6-14/h4,7-10,14H,3,5-6,11-12H2,1-2H3. The molecule has 0 N–H and O–H groups in total. The van der Waals surface area contributed by atoms with E-state index in [1.807, 2.05) is 25.1 Å². The van der Waals surface area contributed by atoms with Gasteiger partial charge in [-0.1, -0.05) is 16.9 Å². The molecule has 0 spiro atoms. The van der Waals surface area contributed by atoms with Gasteiger partial charge in [0.05, 0.1) is 30.4 Å². The fraction of sp³-hybridized carbons (Fsp3) is 0.333. The summed E-state index contributed by atoms with van der Waals surface area (Å²) >= 11 is 1.39. The maximum absolute atomic E-state index is 13.3. The van der Waals surface area contributed by atoms with Gasteiger partial charge in [0.1, 0.15) is 0 Å². The van der Waals surface area contributed by atoms with Crippen LogP contribution in [0.4, 0.5) is 0 Å². The summed E-state index contributed by atoms with van der Waals surface area (Å²) in [7, 11) is 1.59. The third-order valence-corrected chi connectivity index (χ3v) is 6.73. The molecule has 11 heteroatoms. The maximum atomic E-state index is 13.3. The van der Waals surface area contributed by atoms with E-state index in [0.29, 0.717) is 63.1 Å². The van der Waals surface area contributed by atoms with Gasteiger partial charge in [0.2, 0.25) is 18.5 Å². The van der Waals surface area contributed by atoms with Crippen LogP contribution in [-0.2, 0) is 5.75 Å². The van der Waals surface area contributed by atoms with Gasteiger partial charge < -0.3 is 23.5 Å². The van der Waals surface area contributed by atoms with Gasteiger partial charge in [0.15, 0.2) is 28.2 Å². The minimum absolute atomic E-state index is 0.0778. The summed E-state index contributed by atoms with van der Waals surface area (Å²) < 4.78 is 29.1. The van der Waals surface area contributed by atoms with E-state index in [0.717, 1.165) is 18.4 Å². The normalized spacial score (nSPS) is 14.5. The van der Waals surface area contributed by atoms with E-state index in [9.17, 15) is 4.79 Å². The van der Waals surface area contributed by atoms with E-state index in [1.165, 1.54) is 11.8 Å². The lowest BCUT2D eigenvalue weighted by atomic mass is 10.2. The summed E-state index contributed by atoms with van der Waals surface area (Å²) in [5, 5.41) is 5.25. The quantitative estimate of drug-likeness (QED) is 0.261. The minimum atomic E-state index is -0.0778. The van der Waals surface area contributed by atoms with Crippen molar-refractivity contribution in [1.82, 2.24) is 19.7 Å². The highest BCUT2D eigenvalue weighted by Crippen LogP contribution is 2.40. The number of hydrogen-bond donors (Lipinski definition) is 0. The lowest BCUT2D eigenvalue weighted by molar-refractivity contribution is 0.174. The third-order valence-electron chi connectivity index (χ3n) is 5.79. The molecule has 0 unspecified atom stereocenters. The maximum Gasteiger partial charge on any atom is 0.262 e. The molecule has 0 radical (unpaired) electrons. The molecule has 10 nitrogen and oxygen atoms in total. The molecule has 1 aliphatic heterocycles. The molecule has 180 valence electrons. The van der Waals surface area contributed by atoms with Crippen molar-refractivity contribution >= 4 is 22.7 Å². The van der Waals surface area contributed by atoms with Gasteiger partial charge in [-0.15, -0.1) is 0 Å². The van der Waals surface area contributed by atoms with E-state index in [-0.39, 0.29) is 18.4 Å². The van der Waals surface area contributed by atoms with Gasteiger partial charge in [-0.2, -0.15) is 4.98 Å². The lowest BCUT2D eigenvalue weighted by Gasteiger charge is -2.12. The largest absolute Gasteiger partial charge is 0.493 e. The highest BCUT2D eigenvalue weighted by molar-refractivity contribution is 7.98. The van der Waals surface area contributed by atoms with Gasteiger partial charge in [-0.25, -0.2) is 4.98 Å². The molecule has 6 rings (SSSR count). The first-order chi connectivity index (χ1) is 17.1. The van der Waals surface area contributed by atoms with Gasteiger partial charge in [-0.05, 0) is 44.0 Å². The van der Waals surface area contributed by atoms with Crippen molar-refractivity contribution < 1.29 is 23.5 Å². The number of benzene rings is 2. The number of thioether (sulfide) groups is 1. The molecule has 1 saturated carbocycles. The van der Waals surface area contributed by atoms with Crippen LogP contribution in [0.25, 0.3) is 22.3 Å². The van der Waals surface area contributed by atoms with Crippen molar-refractivity contribution in [3.05, 3.63) is 46.6 Å². The Balaban J connectivity index is 1.27. The van der Waals surface area contributed by atoms with Crippen LogP contribution in [0.3, 0.4) is 0 Å². The Kier molecular flexibility index (Phi) is 5.48. The zero-order chi connectivity index (χ0) is 23.9. The molecule has 2 aliphatic rings. The number of fused-ring (bicyclic) bond motifs is 2. The molecule has 1 aliphatic carbocycles. The minimum Gasteiger partial charge on any atom is -0.493 e. The van der Waals surface area contributed by atoms with Crippen LogP contribution in [0.1, 0.15) is 31.7 Å². The Hall–Kier alpha value is -3.73. The second kappa shape index (κ2) is 8.81. The summed E-state index contributed by atoms with van der Waals surface area (Å²) in [5.41, 5.74) is 1.25. The average Bonchev–Trinajstić information content (AvgIpc) is 3.40. The molecular formula is C24H22N4O6S. The van der Waals surface area contributed by atoms with E-state index in [1.54, 1.807) is 23.8 Å². The Bertz CT molecular complexity index is 1480. The predicted molar refractivity (Wildman–Crippen MR) is 127 cm³/mol. The number of nitrogens with zero attached hydrogens (tertiary/aromatic N) is 4. The first-order valence-electron chi connectivity index (χ1n) is 11.3. The topological polar surface area (TPSA) is 111 Å². The van der Waals surface area contributed by atoms with Crippen LogP contribution in [0.5, 0.6) is 23.0 Å². The van der Waals surface area contributed by atoms with Gasteiger partial charge in [-0.3, -0.25) is 9.36 Å². The monoisotopic (exact) mass is 494 g/mol. The van der Waals surface area contributed by atoms with Crippen LogP contribution in [0, 0.1) is 0 Å². The fourth-order valence-electron chi connectivity index (χ4n) is 3.96. The molecule has 0 atom stereocenters. The average molecular weight is 495 g/mol. The molecule has 2 aromatic carbocycles. The first-order valence-corrected chi connectivity index (χ1v) is 12.3. The Morgan fingerprint density at radius 3 is 2.71 bits per heavy atom. The SMILES string of the molecule is CCOc1ccc(-c2noc(CSc3nc4cc5c(cc4c(=O)n3C3CC3)OCO5)n2)cc1OC. The lowest BCUT2D eigenvalue weighted by Crippen LogP contribution is -2.22. The molecule has 35 heavy (non-hydrogen) atoms. The number of ether oxygens (including phenoxy) is 4. The number of aromatic nitrogens is 4. The smallest absolute Gasteiger partial charge is 0.262 e. The van der Waals surface area contributed by atoms with Crippen molar-refractivity contribution in [2.45, 2.75) is 36.7 Å². The van der Waals surface area contributed by atoms with Gasteiger partial charge in [0, 0.05) is 17.7 Å². The number of rotatable bonds is 8. The molecule has 4 aromatic rings. The molecule has 3 heterocycles. The van der Waals surface area contributed by atoms with Crippen molar-refractivity contribution in [2.75, 3.05) is 20.5 Å². The summed E-state index contributed by atoms with van der Waals surface area (Å²) in [4.78, 5) is 22.6.